The molecule has 3 unspecified atom stereocenters. The van der Waals surface area contributed by atoms with Crippen LogP contribution in [0.4, 0.5) is 4.79 Å². The number of aliphatic hydroxyl groups is 1. The second-order valence-corrected chi connectivity index (χ2v) is 6.61. The van der Waals surface area contributed by atoms with E-state index in [1.165, 1.54) is 4.90 Å². The van der Waals surface area contributed by atoms with Gasteiger partial charge in [-0.15, -0.1) is 0 Å². The lowest BCUT2D eigenvalue weighted by Gasteiger charge is -2.36. The predicted octanol–water partition coefficient (Wildman–Crippen LogP) is 2.79. The van der Waals surface area contributed by atoms with E-state index in [0.717, 1.165) is 5.56 Å². The zero-order valence-corrected chi connectivity index (χ0v) is 12.3. The number of likely N-dealkylation sites (tertiary alicyclic amines) is 1. The van der Waals surface area contributed by atoms with Crippen molar-refractivity contribution in [1.29, 1.82) is 0 Å². The number of nitrogens with zero attached hydrogens (tertiary/aromatic N) is 1. The molecule has 0 aliphatic carbocycles. The fourth-order valence-electron chi connectivity index (χ4n) is 3.50. The van der Waals surface area contributed by atoms with Crippen LogP contribution in [0, 0.1) is 11.3 Å². The van der Waals surface area contributed by atoms with E-state index in [2.05, 4.69) is 0 Å². The average Bonchev–Trinajstić information content (AvgIpc) is 2.79. The van der Waals surface area contributed by atoms with Crippen LogP contribution in [0.3, 0.4) is 0 Å². The van der Waals surface area contributed by atoms with Crippen LogP contribution in [0.25, 0.3) is 0 Å². The van der Waals surface area contributed by atoms with Gasteiger partial charge >= 0.3 is 6.09 Å². The molecule has 1 aliphatic rings. The predicted molar refractivity (Wildman–Crippen MR) is 77.7 cm³/mol. The Balaban J connectivity index is 2.39. The summed E-state index contributed by atoms with van der Waals surface area (Å²) in [7, 11) is 0. The second kappa shape index (κ2) is 5.44. The van der Waals surface area contributed by atoms with E-state index >= 15 is 0 Å². The first kappa shape index (κ1) is 14.9. The van der Waals surface area contributed by atoms with Crippen LogP contribution in [0.2, 0.25) is 0 Å². The fraction of sp³-hybridized carbons (Fsp3) is 0.562. The minimum atomic E-state index is -0.901. The Morgan fingerprint density at radius 1 is 1.30 bits per heavy atom. The Morgan fingerprint density at radius 2 is 1.90 bits per heavy atom. The topological polar surface area (TPSA) is 60.8 Å². The molecule has 2 N–H and O–H groups in total. The summed E-state index contributed by atoms with van der Waals surface area (Å²) in [5.74, 6) is -0.00461. The molecule has 4 heteroatoms. The number of carboxylic acid groups (broad SMARTS) is 1. The van der Waals surface area contributed by atoms with Gasteiger partial charge in [-0.25, -0.2) is 4.79 Å². The van der Waals surface area contributed by atoms with E-state index < -0.39 is 6.09 Å². The number of amides is 1. The maximum atomic E-state index is 11.5. The standard InChI is InChI=1S/C16H23NO3/c1-16(2,3)14-13(10-18)12(9-17(14)15(19)20)11-7-5-4-6-8-11/h4-8,12-14,18H,9-10H2,1-3H3,(H,19,20). The first-order valence-electron chi connectivity index (χ1n) is 7.01. The zero-order chi connectivity index (χ0) is 14.9. The Bertz CT molecular complexity index is 466. The Labute approximate surface area is 120 Å². The normalized spacial score (nSPS) is 26.8. The van der Waals surface area contributed by atoms with Crippen molar-refractivity contribution < 1.29 is 15.0 Å². The number of hydrogen-bond donors (Lipinski definition) is 2. The quantitative estimate of drug-likeness (QED) is 0.874. The van der Waals surface area contributed by atoms with Crippen LogP contribution in [0.5, 0.6) is 0 Å². The van der Waals surface area contributed by atoms with Crippen LogP contribution in [-0.2, 0) is 0 Å². The van der Waals surface area contributed by atoms with Gasteiger partial charge in [-0.1, -0.05) is 51.1 Å². The van der Waals surface area contributed by atoms with Gasteiger partial charge in [-0.3, -0.25) is 0 Å². The number of benzene rings is 1. The van der Waals surface area contributed by atoms with Crippen molar-refractivity contribution in [2.45, 2.75) is 32.7 Å². The van der Waals surface area contributed by atoms with Gasteiger partial charge < -0.3 is 15.1 Å². The molecule has 4 nitrogen and oxygen atoms in total. The molecule has 0 saturated carbocycles. The molecule has 0 bridgehead atoms. The van der Waals surface area contributed by atoms with Gasteiger partial charge in [0.05, 0.1) is 0 Å². The van der Waals surface area contributed by atoms with Gasteiger partial charge in [-0.05, 0) is 11.0 Å². The lowest BCUT2D eigenvalue weighted by molar-refractivity contribution is 0.0739. The lowest BCUT2D eigenvalue weighted by Crippen LogP contribution is -2.46. The van der Waals surface area contributed by atoms with Crippen LogP contribution in [0.1, 0.15) is 32.3 Å². The SMILES string of the molecule is CC(C)(C)C1C(CO)C(c2ccccc2)CN1C(=O)O. The van der Waals surface area contributed by atoms with Gasteiger partial charge in [0.25, 0.3) is 0 Å². The van der Waals surface area contributed by atoms with Gasteiger partial charge in [0.2, 0.25) is 0 Å². The summed E-state index contributed by atoms with van der Waals surface area (Å²) in [4.78, 5) is 13.0. The summed E-state index contributed by atoms with van der Waals surface area (Å²) >= 11 is 0. The molecule has 110 valence electrons. The molecule has 1 saturated heterocycles. The van der Waals surface area contributed by atoms with Crippen LogP contribution in [0.15, 0.2) is 30.3 Å². The molecule has 20 heavy (non-hydrogen) atoms. The summed E-state index contributed by atoms with van der Waals surface area (Å²) in [5, 5.41) is 19.3. The lowest BCUT2D eigenvalue weighted by atomic mass is 9.75. The van der Waals surface area contributed by atoms with Crippen LogP contribution in [-0.4, -0.2) is 40.4 Å². The molecule has 1 aromatic carbocycles. The van der Waals surface area contributed by atoms with E-state index in [4.69, 9.17) is 0 Å². The van der Waals surface area contributed by atoms with E-state index in [9.17, 15) is 15.0 Å². The van der Waals surface area contributed by atoms with Crippen molar-refractivity contribution in [3.8, 4) is 0 Å². The summed E-state index contributed by atoms with van der Waals surface area (Å²) in [5.41, 5.74) is 0.902. The highest BCUT2D eigenvalue weighted by Crippen LogP contribution is 2.44. The number of rotatable bonds is 2. The average molecular weight is 277 g/mol. The summed E-state index contributed by atoms with van der Waals surface area (Å²) in [6.45, 7) is 6.55. The smallest absolute Gasteiger partial charge is 0.407 e. The molecule has 3 atom stereocenters. The highest BCUT2D eigenvalue weighted by atomic mass is 16.4. The van der Waals surface area contributed by atoms with Crippen molar-refractivity contribution in [2.24, 2.45) is 11.3 Å². The molecule has 1 heterocycles. The maximum absolute atomic E-state index is 11.5. The highest BCUT2D eigenvalue weighted by molar-refractivity contribution is 5.66. The van der Waals surface area contributed by atoms with Gasteiger partial charge in [-0.2, -0.15) is 0 Å². The first-order valence-corrected chi connectivity index (χ1v) is 7.01. The highest BCUT2D eigenvalue weighted by Gasteiger charge is 2.49. The molecule has 0 radical (unpaired) electrons. The largest absolute Gasteiger partial charge is 0.465 e. The number of carbonyl (C=O) groups is 1. The van der Waals surface area contributed by atoms with Gasteiger partial charge in [0.1, 0.15) is 0 Å². The third kappa shape index (κ3) is 2.66. The first-order chi connectivity index (χ1) is 9.36. The summed E-state index contributed by atoms with van der Waals surface area (Å²) in [6.07, 6.45) is -0.901. The Morgan fingerprint density at radius 3 is 2.35 bits per heavy atom. The van der Waals surface area contributed by atoms with Gasteiger partial charge in [0, 0.05) is 31.0 Å². The fourth-order valence-corrected chi connectivity index (χ4v) is 3.50. The van der Waals surface area contributed by atoms with E-state index in [0.29, 0.717) is 6.54 Å². The third-order valence-corrected chi connectivity index (χ3v) is 4.22. The molecule has 0 aromatic heterocycles. The van der Waals surface area contributed by atoms with E-state index in [1.54, 1.807) is 0 Å². The second-order valence-electron chi connectivity index (χ2n) is 6.61. The number of aliphatic hydroxyl groups excluding tert-OH is 1. The maximum Gasteiger partial charge on any atom is 0.407 e. The molecule has 1 aliphatic heterocycles. The van der Waals surface area contributed by atoms with Crippen LogP contribution >= 0.6 is 0 Å². The molecule has 1 fully saturated rings. The zero-order valence-electron chi connectivity index (χ0n) is 12.3. The van der Waals surface area contributed by atoms with E-state index in [-0.39, 0.29) is 29.9 Å². The summed E-state index contributed by atoms with van der Waals surface area (Å²) < 4.78 is 0. The Hall–Kier alpha value is -1.55. The molecular weight excluding hydrogens is 254 g/mol. The van der Waals surface area contributed by atoms with Crippen molar-refractivity contribution in [1.82, 2.24) is 4.90 Å². The third-order valence-electron chi connectivity index (χ3n) is 4.22. The minimum absolute atomic E-state index is 0.00524. The summed E-state index contributed by atoms with van der Waals surface area (Å²) in [6, 6.07) is 9.72. The van der Waals surface area contributed by atoms with Crippen molar-refractivity contribution in [2.75, 3.05) is 13.2 Å². The molecule has 1 amide bonds. The molecule has 1 aromatic rings. The van der Waals surface area contributed by atoms with Crippen molar-refractivity contribution in [3.05, 3.63) is 35.9 Å². The monoisotopic (exact) mass is 277 g/mol. The Kier molecular flexibility index (Phi) is 4.04. The van der Waals surface area contributed by atoms with Crippen molar-refractivity contribution >= 4 is 6.09 Å². The van der Waals surface area contributed by atoms with Gasteiger partial charge in [0.15, 0.2) is 0 Å². The molecular formula is C16H23NO3. The van der Waals surface area contributed by atoms with E-state index in [1.807, 2.05) is 51.1 Å². The van der Waals surface area contributed by atoms with Crippen LogP contribution < -0.4 is 0 Å². The molecule has 2 rings (SSSR count). The van der Waals surface area contributed by atoms with Crippen molar-refractivity contribution in [3.63, 3.8) is 0 Å². The molecule has 0 spiro atoms. The number of hydrogen-bond acceptors (Lipinski definition) is 2. The minimum Gasteiger partial charge on any atom is -0.465 e.